The highest BCUT2D eigenvalue weighted by Gasteiger charge is 2.39. The number of para-hydroxylation sites is 1. The molecule has 106 valence electrons. The van der Waals surface area contributed by atoms with Crippen LogP contribution in [0.1, 0.15) is 11.5 Å². The zero-order valence-electron chi connectivity index (χ0n) is 10.8. The van der Waals surface area contributed by atoms with E-state index in [-0.39, 0.29) is 19.1 Å². The smallest absolute Gasteiger partial charge is 0.328 e. The maximum Gasteiger partial charge on any atom is 0.328 e. The Balaban J connectivity index is 1.84. The second-order valence-corrected chi connectivity index (χ2v) is 4.86. The summed E-state index contributed by atoms with van der Waals surface area (Å²) in [7, 11) is 0. The van der Waals surface area contributed by atoms with Gasteiger partial charge in [-0.1, -0.05) is 18.2 Å². The van der Waals surface area contributed by atoms with E-state index < -0.39 is 17.9 Å². The van der Waals surface area contributed by atoms with E-state index in [2.05, 4.69) is 0 Å². The number of aliphatic carboxylic acids is 1. The van der Waals surface area contributed by atoms with E-state index in [0.717, 1.165) is 5.56 Å². The highest BCUT2D eigenvalue weighted by Crippen LogP contribution is 2.35. The van der Waals surface area contributed by atoms with Gasteiger partial charge < -0.3 is 19.5 Å². The third-order valence-corrected chi connectivity index (χ3v) is 3.69. The van der Waals surface area contributed by atoms with Gasteiger partial charge in [0.05, 0.1) is 13.2 Å². The molecule has 2 heterocycles. The molecule has 0 bridgehead atoms. The molecule has 1 saturated heterocycles. The predicted molar refractivity (Wildman–Crippen MR) is 68.6 cm³/mol. The monoisotopic (exact) mass is 277 g/mol. The Kier molecular flexibility index (Phi) is 3.31. The molecular formula is C14H15NO5. The quantitative estimate of drug-likeness (QED) is 0.850. The fraction of sp³-hybridized carbons (Fsp3) is 0.429. The lowest BCUT2D eigenvalue weighted by Gasteiger charge is -2.34. The van der Waals surface area contributed by atoms with Gasteiger partial charge in [0.1, 0.15) is 18.3 Å². The molecule has 0 radical (unpaired) electrons. The minimum atomic E-state index is -1.04. The Morgan fingerprint density at radius 2 is 2.05 bits per heavy atom. The van der Waals surface area contributed by atoms with Crippen molar-refractivity contribution in [3.05, 3.63) is 29.8 Å². The first-order valence-electron chi connectivity index (χ1n) is 6.51. The van der Waals surface area contributed by atoms with Gasteiger partial charge >= 0.3 is 5.97 Å². The molecule has 1 fully saturated rings. The van der Waals surface area contributed by atoms with Crippen molar-refractivity contribution in [3.63, 3.8) is 0 Å². The Morgan fingerprint density at radius 3 is 2.85 bits per heavy atom. The summed E-state index contributed by atoms with van der Waals surface area (Å²) in [6.07, 6.45) is 0. The third kappa shape index (κ3) is 2.12. The fourth-order valence-electron chi connectivity index (χ4n) is 2.64. The van der Waals surface area contributed by atoms with Crippen molar-refractivity contribution in [1.29, 1.82) is 0 Å². The van der Waals surface area contributed by atoms with Crippen molar-refractivity contribution in [2.24, 2.45) is 0 Å². The first kappa shape index (κ1) is 12.9. The van der Waals surface area contributed by atoms with Crippen LogP contribution in [0.2, 0.25) is 0 Å². The van der Waals surface area contributed by atoms with Crippen molar-refractivity contribution in [1.82, 2.24) is 4.90 Å². The molecular weight excluding hydrogens is 262 g/mol. The highest BCUT2D eigenvalue weighted by molar-refractivity contribution is 5.89. The van der Waals surface area contributed by atoms with Crippen LogP contribution in [0.4, 0.5) is 0 Å². The second-order valence-electron chi connectivity index (χ2n) is 4.86. The first-order valence-corrected chi connectivity index (χ1v) is 6.51. The standard InChI is InChI=1S/C14H15NO5/c16-13(15-5-6-19-8-11(15)14(17)18)10-7-20-12-4-2-1-3-9(10)12/h1-4,10-11H,5-8H2,(H,17,18)/t10-,11+/m1/s1. The van der Waals surface area contributed by atoms with Crippen LogP contribution >= 0.6 is 0 Å². The lowest BCUT2D eigenvalue weighted by molar-refractivity contribution is -0.159. The molecule has 6 nitrogen and oxygen atoms in total. The topological polar surface area (TPSA) is 76.1 Å². The number of rotatable bonds is 2. The minimum Gasteiger partial charge on any atom is -0.492 e. The zero-order chi connectivity index (χ0) is 14.1. The maximum atomic E-state index is 12.6. The average molecular weight is 277 g/mol. The van der Waals surface area contributed by atoms with Crippen LogP contribution in [-0.4, -0.2) is 54.3 Å². The van der Waals surface area contributed by atoms with Gasteiger partial charge in [0.25, 0.3) is 0 Å². The van der Waals surface area contributed by atoms with Crippen molar-refractivity contribution >= 4 is 11.9 Å². The summed E-state index contributed by atoms with van der Waals surface area (Å²) in [5, 5.41) is 9.19. The SMILES string of the molecule is O=C(O)[C@@H]1COCCN1C(=O)[C@@H]1COc2ccccc21. The van der Waals surface area contributed by atoms with E-state index in [1.54, 1.807) is 0 Å². The van der Waals surface area contributed by atoms with Gasteiger partial charge in [-0.15, -0.1) is 0 Å². The predicted octanol–water partition coefficient (Wildman–Crippen LogP) is 0.475. The van der Waals surface area contributed by atoms with Crippen molar-refractivity contribution in [2.45, 2.75) is 12.0 Å². The summed E-state index contributed by atoms with van der Waals surface area (Å²) in [6.45, 7) is 0.970. The number of benzene rings is 1. The molecule has 1 aromatic rings. The largest absolute Gasteiger partial charge is 0.492 e. The molecule has 0 aliphatic carbocycles. The van der Waals surface area contributed by atoms with Gasteiger partial charge in [-0.25, -0.2) is 4.79 Å². The normalized spacial score (nSPS) is 24.9. The number of hydrogen-bond donors (Lipinski definition) is 1. The molecule has 0 unspecified atom stereocenters. The first-order chi connectivity index (χ1) is 9.68. The average Bonchev–Trinajstić information content (AvgIpc) is 2.90. The van der Waals surface area contributed by atoms with Crippen LogP contribution in [0.5, 0.6) is 5.75 Å². The van der Waals surface area contributed by atoms with Gasteiger partial charge in [0.2, 0.25) is 5.91 Å². The number of carbonyl (C=O) groups excluding carboxylic acids is 1. The molecule has 2 aliphatic heterocycles. The Bertz CT molecular complexity index is 544. The zero-order valence-corrected chi connectivity index (χ0v) is 10.8. The molecule has 0 aromatic heterocycles. The molecule has 1 N–H and O–H groups in total. The van der Waals surface area contributed by atoms with E-state index in [0.29, 0.717) is 18.9 Å². The Labute approximate surface area is 115 Å². The van der Waals surface area contributed by atoms with E-state index in [4.69, 9.17) is 9.47 Å². The Hall–Kier alpha value is -2.08. The number of fused-ring (bicyclic) bond motifs is 1. The number of ether oxygens (including phenoxy) is 2. The van der Waals surface area contributed by atoms with Crippen molar-refractivity contribution in [3.8, 4) is 5.75 Å². The summed E-state index contributed by atoms with van der Waals surface area (Å²) in [6, 6.07) is 6.45. The molecule has 1 aromatic carbocycles. The minimum absolute atomic E-state index is 0.0380. The van der Waals surface area contributed by atoms with E-state index >= 15 is 0 Å². The highest BCUT2D eigenvalue weighted by atomic mass is 16.5. The van der Waals surface area contributed by atoms with Crippen molar-refractivity contribution in [2.75, 3.05) is 26.4 Å². The number of carboxylic acids is 1. The molecule has 20 heavy (non-hydrogen) atoms. The van der Waals surface area contributed by atoms with Crippen LogP contribution in [0.25, 0.3) is 0 Å². The summed E-state index contributed by atoms with van der Waals surface area (Å²) >= 11 is 0. The maximum absolute atomic E-state index is 12.6. The lowest BCUT2D eigenvalue weighted by Crippen LogP contribution is -2.54. The number of nitrogens with zero attached hydrogens (tertiary/aromatic N) is 1. The van der Waals surface area contributed by atoms with Gasteiger partial charge in [0.15, 0.2) is 6.04 Å². The summed E-state index contributed by atoms with van der Waals surface area (Å²) < 4.78 is 10.6. The molecule has 0 spiro atoms. The van der Waals surface area contributed by atoms with Crippen molar-refractivity contribution < 1.29 is 24.2 Å². The fourth-order valence-corrected chi connectivity index (χ4v) is 2.64. The van der Waals surface area contributed by atoms with Crippen LogP contribution in [0.15, 0.2) is 24.3 Å². The number of amides is 1. The van der Waals surface area contributed by atoms with E-state index in [1.165, 1.54) is 4.90 Å². The van der Waals surface area contributed by atoms with Gasteiger partial charge in [-0.05, 0) is 6.07 Å². The van der Waals surface area contributed by atoms with Crippen LogP contribution in [0.3, 0.4) is 0 Å². The summed E-state index contributed by atoms with van der Waals surface area (Å²) in [5.41, 5.74) is 0.827. The summed E-state index contributed by atoms with van der Waals surface area (Å²) in [5.74, 6) is -0.965. The van der Waals surface area contributed by atoms with Crippen LogP contribution in [0, 0.1) is 0 Å². The van der Waals surface area contributed by atoms with Gasteiger partial charge in [0, 0.05) is 12.1 Å². The molecule has 3 rings (SSSR count). The molecule has 6 heteroatoms. The molecule has 1 amide bonds. The summed E-state index contributed by atoms with van der Waals surface area (Å²) in [4.78, 5) is 25.2. The Morgan fingerprint density at radius 1 is 1.25 bits per heavy atom. The second kappa shape index (κ2) is 5.13. The van der Waals surface area contributed by atoms with Crippen LogP contribution in [-0.2, 0) is 14.3 Å². The third-order valence-electron chi connectivity index (χ3n) is 3.69. The van der Waals surface area contributed by atoms with E-state index in [9.17, 15) is 14.7 Å². The number of hydrogen-bond acceptors (Lipinski definition) is 4. The molecule has 2 aliphatic rings. The van der Waals surface area contributed by atoms with Gasteiger partial charge in [-0.2, -0.15) is 0 Å². The molecule has 2 atom stereocenters. The van der Waals surface area contributed by atoms with Gasteiger partial charge in [-0.3, -0.25) is 4.79 Å². The number of carboxylic acid groups (broad SMARTS) is 1. The number of carbonyl (C=O) groups is 2. The van der Waals surface area contributed by atoms with E-state index in [1.807, 2.05) is 24.3 Å². The van der Waals surface area contributed by atoms with Crippen LogP contribution < -0.4 is 4.74 Å². The molecule has 0 saturated carbocycles. The lowest BCUT2D eigenvalue weighted by atomic mass is 9.99. The number of morpholine rings is 1.